The normalized spacial score (nSPS) is 22.2. The fourth-order valence-corrected chi connectivity index (χ4v) is 2.61. The Morgan fingerprint density at radius 2 is 2.14 bits per heavy atom. The maximum Gasteiger partial charge on any atom is 0.147 e. The Morgan fingerprint density at radius 1 is 1.43 bits per heavy atom. The fraction of sp³-hybridized carbons (Fsp3) is 0.500. The Labute approximate surface area is 125 Å². The lowest BCUT2D eigenvalue weighted by Crippen LogP contribution is -2.56. The lowest BCUT2D eigenvalue weighted by molar-refractivity contribution is 0.181. The second kappa shape index (κ2) is 7.36. The molecule has 21 heavy (non-hydrogen) atoms. The number of halogens is 1. The van der Waals surface area contributed by atoms with Crippen molar-refractivity contribution in [2.45, 2.75) is 32.5 Å². The summed E-state index contributed by atoms with van der Waals surface area (Å²) in [6, 6.07) is 6.59. The van der Waals surface area contributed by atoms with Gasteiger partial charge in [0, 0.05) is 19.6 Å². The van der Waals surface area contributed by atoms with Crippen LogP contribution < -0.4 is 10.6 Å². The molecule has 2 rings (SSSR count). The van der Waals surface area contributed by atoms with E-state index >= 15 is 0 Å². The van der Waals surface area contributed by atoms with Crippen molar-refractivity contribution in [3.05, 3.63) is 41.3 Å². The highest BCUT2D eigenvalue weighted by molar-refractivity contribution is 5.54. The Kier molecular flexibility index (Phi) is 5.51. The smallest absolute Gasteiger partial charge is 0.147 e. The first-order chi connectivity index (χ1) is 10.2. The maximum atomic E-state index is 13.0. The average molecular weight is 291 g/mol. The third-order valence-electron chi connectivity index (χ3n) is 3.82. The van der Waals surface area contributed by atoms with Crippen LogP contribution in [0.25, 0.3) is 0 Å². The van der Waals surface area contributed by atoms with Crippen LogP contribution >= 0.6 is 0 Å². The predicted octanol–water partition coefficient (Wildman–Crippen LogP) is 1.31. The number of benzene rings is 1. The Bertz CT molecular complexity index is 509. The first kappa shape index (κ1) is 15.7. The number of rotatable bonds is 5. The lowest BCUT2D eigenvalue weighted by Gasteiger charge is -2.41. The van der Waals surface area contributed by atoms with Gasteiger partial charge in [0.05, 0.1) is 12.1 Å². The molecule has 1 saturated heterocycles. The third kappa shape index (κ3) is 3.91. The number of hydrogen-bond donors (Lipinski definition) is 2. The molecule has 2 N–H and O–H groups in total. The van der Waals surface area contributed by atoms with Gasteiger partial charge >= 0.3 is 0 Å². The molecular weight excluding hydrogens is 269 g/mol. The van der Waals surface area contributed by atoms with Crippen molar-refractivity contribution in [2.75, 3.05) is 19.6 Å². The number of hydrogen-bond acceptors (Lipinski definition) is 4. The van der Waals surface area contributed by atoms with Gasteiger partial charge in [0.2, 0.25) is 0 Å². The van der Waals surface area contributed by atoms with Crippen molar-refractivity contribution in [3.63, 3.8) is 0 Å². The van der Waals surface area contributed by atoms with E-state index in [1.807, 2.05) is 6.92 Å². The van der Waals surface area contributed by atoms with Gasteiger partial charge in [-0.2, -0.15) is 0 Å². The molecule has 0 spiro atoms. The number of nitrogens with zero attached hydrogens (tertiary/aromatic N) is 1. The van der Waals surface area contributed by atoms with E-state index in [1.165, 1.54) is 12.1 Å². The monoisotopic (exact) mass is 291 g/mol. The van der Waals surface area contributed by atoms with Crippen molar-refractivity contribution in [1.82, 2.24) is 15.5 Å². The summed E-state index contributed by atoms with van der Waals surface area (Å²) in [6.07, 6.45) is 0. The molecule has 1 aromatic carbocycles. The molecule has 1 fully saturated rings. The zero-order valence-electron chi connectivity index (χ0n) is 12.5. The maximum absolute atomic E-state index is 13.0. The van der Waals surface area contributed by atoms with Crippen LogP contribution in [0.4, 0.5) is 4.39 Å². The van der Waals surface area contributed by atoms with Crippen molar-refractivity contribution in [1.29, 1.82) is 0 Å². The summed E-state index contributed by atoms with van der Waals surface area (Å²) in [4.78, 5) is 13.4. The predicted molar refractivity (Wildman–Crippen MR) is 80.9 cm³/mol. The molecule has 1 aromatic rings. The van der Waals surface area contributed by atoms with E-state index in [4.69, 9.17) is 0 Å². The summed E-state index contributed by atoms with van der Waals surface area (Å²) >= 11 is 0. The van der Waals surface area contributed by atoms with E-state index in [1.54, 1.807) is 12.1 Å². The SMILES string of the molecule is CCNCC1CNC(C)C(=C=O)N1Cc1ccc(F)cc1. The van der Waals surface area contributed by atoms with Crippen molar-refractivity contribution < 1.29 is 9.18 Å². The summed E-state index contributed by atoms with van der Waals surface area (Å²) in [5.74, 6) is 1.82. The standard InChI is InChI=1S/C16H22FN3O/c1-3-18-8-15-9-19-12(2)16(11-21)20(15)10-13-4-6-14(17)7-5-13/h4-7,12,15,18-19H,3,8-10H2,1-2H3. The van der Waals surface area contributed by atoms with Gasteiger partial charge in [0.15, 0.2) is 0 Å². The third-order valence-corrected chi connectivity index (χ3v) is 3.82. The minimum atomic E-state index is -0.247. The Morgan fingerprint density at radius 3 is 2.76 bits per heavy atom. The minimum absolute atomic E-state index is 0.0131. The molecule has 0 bridgehead atoms. The number of piperazine rings is 1. The molecule has 2 unspecified atom stereocenters. The highest BCUT2D eigenvalue weighted by Crippen LogP contribution is 2.20. The molecule has 0 amide bonds. The van der Waals surface area contributed by atoms with Gasteiger partial charge < -0.3 is 15.5 Å². The quantitative estimate of drug-likeness (QED) is 0.803. The van der Waals surface area contributed by atoms with Gasteiger partial charge in [0.1, 0.15) is 17.5 Å². The molecule has 4 nitrogen and oxygen atoms in total. The molecule has 0 radical (unpaired) electrons. The average Bonchev–Trinajstić information content (AvgIpc) is 2.49. The van der Waals surface area contributed by atoms with Gasteiger partial charge in [-0.3, -0.25) is 0 Å². The summed E-state index contributed by atoms with van der Waals surface area (Å²) in [5, 5.41) is 6.64. The summed E-state index contributed by atoms with van der Waals surface area (Å²) in [6.45, 7) is 7.09. The van der Waals surface area contributed by atoms with Crippen LogP contribution in [-0.2, 0) is 11.3 Å². The molecule has 1 aliphatic rings. The zero-order valence-corrected chi connectivity index (χ0v) is 12.5. The van der Waals surface area contributed by atoms with Crippen molar-refractivity contribution in [3.8, 4) is 0 Å². The van der Waals surface area contributed by atoms with E-state index in [0.29, 0.717) is 12.2 Å². The second-order valence-corrected chi connectivity index (χ2v) is 5.33. The van der Waals surface area contributed by atoms with E-state index in [0.717, 1.165) is 25.2 Å². The van der Waals surface area contributed by atoms with Crippen molar-refractivity contribution >= 4 is 5.94 Å². The van der Waals surface area contributed by atoms with Crippen molar-refractivity contribution in [2.24, 2.45) is 0 Å². The van der Waals surface area contributed by atoms with Crippen LogP contribution in [0.5, 0.6) is 0 Å². The number of carbonyl (C=O) groups excluding carboxylic acids is 1. The van der Waals surface area contributed by atoms with Gasteiger partial charge in [0.25, 0.3) is 0 Å². The van der Waals surface area contributed by atoms with E-state index in [-0.39, 0.29) is 17.9 Å². The molecule has 1 aliphatic heterocycles. The van der Waals surface area contributed by atoms with Crippen LogP contribution in [0.15, 0.2) is 30.0 Å². The van der Waals surface area contributed by atoms with Gasteiger partial charge in [-0.05, 0) is 31.2 Å². The van der Waals surface area contributed by atoms with Crippen LogP contribution in [0.3, 0.4) is 0 Å². The Hall–Kier alpha value is -1.68. The van der Waals surface area contributed by atoms with Gasteiger partial charge in [-0.15, -0.1) is 0 Å². The molecule has 2 atom stereocenters. The van der Waals surface area contributed by atoms with E-state index < -0.39 is 0 Å². The molecule has 0 aliphatic carbocycles. The molecule has 5 heteroatoms. The number of likely N-dealkylation sites (N-methyl/N-ethyl adjacent to an activating group) is 1. The van der Waals surface area contributed by atoms with Crippen LogP contribution in [0, 0.1) is 5.82 Å². The van der Waals surface area contributed by atoms with Crippen LogP contribution in [0.2, 0.25) is 0 Å². The van der Waals surface area contributed by atoms with Gasteiger partial charge in [-0.25, -0.2) is 9.18 Å². The first-order valence-electron chi connectivity index (χ1n) is 7.36. The van der Waals surface area contributed by atoms with Gasteiger partial charge in [-0.1, -0.05) is 19.1 Å². The molecule has 0 saturated carbocycles. The van der Waals surface area contributed by atoms with E-state index in [2.05, 4.69) is 28.4 Å². The zero-order chi connectivity index (χ0) is 15.2. The summed E-state index contributed by atoms with van der Waals surface area (Å²) < 4.78 is 13.0. The minimum Gasteiger partial charge on any atom is -0.355 e. The first-order valence-corrected chi connectivity index (χ1v) is 7.36. The van der Waals surface area contributed by atoms with E-state index in [9.17, 15) is 9.18 Å². The highest BCUT2D eigenvalue weighted by Gasteiger charge is 2.30. The highest BCUT2D eigenvalue weighted by atomic mass is 19.1. The number of nitrogens with one attached hydrogen (secondary N) is 2. The Balaban J connectivity index is 2.18. The van der Waals surface area contributed by atoms with Crippen LogP contribution in [-0.4, -0.2) is 42.6 Å². The molecule has 0 aromatic heterocycles. The molecule has 114 valence electrons. The molecular formula is C16H22FN3O. The summed E-state index contributed by atoms with van der Waals surface area (Å²) in [5.41, 5.74) is 1.62. The lowest BCUT2D eigenvalue weighted by atomic mass is 10.0. The second-order valence-electron chi connectivity index (χ2n) is 5.33. The largest absolute Gasteiger partial charge is 0.355 e. The molecule has 1 heterocycles. The summed E-state index contributed by atoms with van der Waals surface area (Å²) in [7, 11) is 0. The van der Waals surface area contributed by atoms with Crippen LogP contribution in [0.1, 0.15) is 19.4 Å². The topological polar surface area (TPSA) is 44.4 Å². The fourth-order valence-electron chi connectivity index (χ4n) is 2.61.